The third-order valence-corrected chi connectivity index (χ3v) is 6.58. The maximum Gasteiger partial charge on any atom is 0.293 e. The van der Waals surface area contributed by atoms with E-state index in [-0.39, 0.29) is 24.5 Å². The van der Waals surface area contributed by atoms with Crippen LogP contribution in [0.15, 0.2) is 76.1 Å². The monoisotopic (exact) mass is 523 g/mol. The van der Waals surface area contributed by atoms with Gasteiger partial charge in [-0.3, -0.25) is 14.5 Å². The molecule has 2 aliphatic rings. The van der Waals surface area contributed by atoms with E-state index in [1.54, 1.807) is 6.08 Å². The molecule has 2 amide bonds. The topological polar surface area (TPSA) is 65.1 Å². The van der Waals surface area contributed by atoms with E-state index >= 15 is 0 Å². The van der Waals surface area contributed by atoms with Crippen molar-refractivity contribution in [2.24, 2.45) is 0 Å². The summed E-state index contributed by atoms with van der Waals surface area (Å²) in [6.45, 7) is 0.887. The summed E-state index contributed by atoms with van der Waals surface area (Å²) in [6, 6.07) is 20.7. The predicted molar refractivity (Wildman–Crippen MR) is 129 cm³/mol. The van der Waals surface area contributed by atoms with Crippen LogP contribution in [0.4, 0.5) is 4.79 Å². The van der Waals surface area contributed by atoms with Gasteiger partial charge in [0, 0.05) is 4.47 Å². The Bertz CT molecular complexity index is 1240. The van der Waals surface area contributed by atoms with Crippen LogP contribution < -0.4 is 14.2 Å². The second kappa shape index (κ2) is 9.33. The van der Waals surface area contributed by atoms with Crippen molar-refractivity contribution >= 4 is 44.9 Å². The van der Waals surface area contributed by atoms with Crippen molar-refractivity contribution in [3.05, 3.63) is 92.8 Å². The number of rotatable bonds is 6. The lowest BCUT2D eigenvalue weighted by molar-refractivity contribution is -0.123. The van der Waals surface area contributed by atoms with Gasteiger partial charge in [0.2, 0.25) is 6.79 Å². The van der Waals surface area contributed by atoms with Gasteiger partial charge in [-0.1, -0.05) is 46.3 Å². The lowest BCUT2D eigenvalue weighted by atomic mass is 10.2. The first kappa shape index (κ1) is 21.6. The fraction of sp³-hybridized carbons (Fsp3) is 0.120. The number of fused-ring (bicyclic) bond motifs is 1. The Balaban J connectivity index is 1.22. The van der Waals surface area contributed by atoms with Gasteiger partial charge in [0.25, 0.3) is 11.1 Å². The summed E-state index contributed by atoms with van der Waals surface area (Å²) in [5.41, 5.74) is 2.69. The maximum absolute atomic E-state index is 12.8. The molecule has 0 bridgehead atoms. The highest BCUT2D eigenvalue weighted by Gasteiger charge is 2.34. The summed E-state index contributed by atoms with van der Waals surface area (Å²) in [6.07, 6.45) is 1.73. The quantitative estimate of drug-likeness (QED) is 0.369. The van der Waals surface area contributed by atoms with Gasteiger partial charge >= 0.3 is 0 Å². The molecule has 0 radical (unpaired) electrons. The van der Waals surface area contributed by atoms with Gasteiger partial charge in [0.1, 0.15) is 12.4 Å². The van der Waals surface area contributed by atoms with E-state index in [1.165, 1.54) is 4.90 Å². The van der Waals surface area contributed by atoms with Gasteiger partial charge in [-0.05, 0) is 70.9 Å². The minimum atomic E-state index is -0.281. The van der Waals surface area contributed by atoms with Gasteiger partial charge < -0.3 is 14.2 Å². The first-order chi connectivity index (χ1) is 16.0. The number of thioether (sulfide) groups is 1. The molecule has 0 unspecified atom stereocenters. The summed E-state index contributed by atoms with van der Waals surface area (Å²) in [5, 5.41) is -0.266. The number of amides is 2. The summed E-state index contributed by atoms with van der Waals surface area (Å²) < 4.78 is 17.5. The van der Waals surface area contributed by atoms with Crippen LogP contribution >= 0.6 is 27.7 Å². The third kappa shape index (κ3) is 4.91. The zero-order valence-corrected chi connectivity index (χ0v) is 19.7. The fourth-order valence-corrected chi connectivity index (χ4v) is 4.52. The zero-order valence-electron chi connectivity index (χ0n) is 17.3. The standard InChI is InChI=1S/C25H18BrNO5S/c26-19-6-1-17(2-7-19)13-27-24(28)23(33-25(27)29)12-16-3-8-20(9-4-16)30-14-18-5-10-21-22(11-18)32-15-31-21/h1-12H,13-15H2/b23-12-. The highest BCUT2D eigenvalue weighted by Crippen LogP contribution is 2.34. The van der Waals surface area contributed by atoms with Crippen molar-refractivity contribution in [3.63, 3.8) is 0 Å². The molecule has 1 saturated heterocycles. The molecule has 2 aliphatic heterocycles. The molecule has 1 fully saturated rings. The lowest BCUT2D eigenvalue weighted by Crippen LogP contribution is -2.27. The van der Waals surface area contributed by atoms with Crippen LogP contribution in [-0.2, 0) is 17.9 Å². The molecule has 0 aliphatic carbocycles. The summed E-state index contributed by atoms with van der Waals surface area (Å²) in [7, 11) is 0. The van der Waals surface area contributed by atoms with E-state index in [0.29, 0.717) is 17.3 Å². The van der Waals surface area contributed by atoms with Crippen molar-refractivity contribution in [3.8, 4) is 17.2 Å². The number of hydrogen-bond acceptors (Lipinski definition) is 6. The third-order valence-electron chi connectivity index (χ3n) is 5.15. The molecule has 0 atom stereocenters. The molecule has 3 aromatic rings. The van der Waals surface area contributed by atoms with Crippen molar-refractivity contribution in [1.82, 2.24) is 4.90 Å². The Morgan fingerprint density at radius 1 is 0.939 bits per heavy atom. The molecule has 166 valence electrons. The van der Waals surface area contributed by atoms with Gasteiger partial charge in [-0.2, -0.15) is 0 Å². The summed E-state index contributed by atoms with van der Waals surface area (Å²) in [5.74, 6) is 1.88. The number of halogens is 1. The number of nitrogens with zero attached hydrogens (tertiary/aromatic N) is 1. The van der Waals surface area contributed by atoms with Crippen LogP contribution in [-0.4, -0.2) is 22.8 Å². The lowest BCUT2D eigenvalue weighted by Gasteiger charge is -2.12. The highest BCUT2D eigenvalue weighted by molar-refractivity contribution is 9.10. The second-order valence-corrected chi connectivity index (χ2v) is 9.35. The van der Waals surface area contributed by atoms with Crippen LogP contribution in [0.5, 0.6) is 17.2 Å². The molecular formula is C25H18BrNO5S. The normalized spacial score (nSPS) is 16.0. The van der Waals surface area contributed by atoms with E-state index < -0.39 is 0 Å². The van der Waals surface area contributed by atoms with Gasteiger partial charge in [-0.15, -0.1) is 0 Å². The molecular weight excluding hydrogens is 506 g/mol. The minimum Gasteiger partial charge on any atom is -0.489 e. The number of imide groups is 1. The van der Waals surface area contributed by atoms with Gasteiger partial charge in [-0.25, -0.2) is 0 Å². The van der Waals surface area contributed by atoms with Crippen molar-refractivity contribution in [2.45, 2.75) is 13.2 Å². The van der Waals surface area contributed by atoms with Crippen LogP contribution in [0.3, 0.4) is 0 Å². The molecule has 6 nitrogen and oxygen atoms in total. The van der Waals surface area contributed by atoms with Crippen molar-refractivity contribution in [1.29, 1.82) is 0 Å². The predicted octanol–water partition coefficient (Wildman–Crippen LogP) is 5.99. The van der Waals surface area contributed by atoms with E-state index in [0.717, 1.165) is 44.4 Å². The number of carbonyl (C=O) groups is 2. The van der Waals surface area contributed by atoms with Crippen LogP contribution in [0, 0.1) is 0 Å². The molecule has 2 heterocycles. The first-order valence-corrected chi connectivity index (χ1v) is 11.8. The average Bonchev–Trinajstić information content (AvgIpc) is 3.39. The van der Waals surface area contributed by atoms with Gasteiger partial charge in [0.15, 0.2) is 11.5 Å². The summed E-state index contributed by atoms with van der Waals surface area (Å²) in [4.78, 5) is 26.8. The Labute approximate surface area is 203 Å². The number of hydrogen-bond donors (Lipinski definition) is 0. The molecule has 3 aromatic carbocycles. The number of carbonyl (C=O) groups excluding carboxylic acids is 2. The smallest absolute Gasteiger partial charge is 0.293 e. The molecule has 5 rings (SSSR count). The van der Waals surface area contributed by atoms with Crippen molar-refractivity contribution < 1.29 is 23.8 Å². The highest BCUT2D eigenvalue weighted by atomic mass is 79.9. The van der Waals surface area contributed by atoms with Crippen LogP contribution in [0.1, 0.15) is 16.7 Å². The molecule has 33 heavy (non-hydrogen) atoms. The van der Waals surface area contributed by atoms with Crippen molar-refractivity contribution in [2.75, 3.05) is 6.79 Å². The van der Waals surface area contributed by atoms with Crippen LogP contribution in [0.2, 0.25) is 0 Å². The molecule has 0 saturated carbocycles. The Hall–Kier alpha value is -3.23. The summed E-state index contributed by atoms with van der Waals surface area (Å²) >= 11 is 4.34. The largest absolute Gasteiger partial charge is 0.489 e. The number of benzene rings is 3. The Kier molecular flexibility index (Phi) is 6.11. The average molecular weight is 524 g/mol. The maximum atomic E-state index is 12.8. The number of ether oxygens (including phenoxy) is 3. The SMILES string of the molecule is O=C1S/C(=C\c2ccc(OCc3ccc4c(c3)OCO4)cc2)C(=O)N1Cc1ccc(Br)cc1. The van der Waals surface area contributed by atoms with E-state index in [4.69, 9.17) is 14.2 Å². The Morgan fingerprint density at radius 3 is 2.45 bits per heavy atom. The first-order valence-electron chi connectivity index (χ1n) is 10.2. The van der Waals surface area contributed by atoms with Crippen LogP contribution in [0.25, 0.3) is 6.08 Å². The van der Waals surface area contributed by atoms with E-state index in [1.807, 2.05) is 66.7 Å². The molecule has 0 N–H and O–H groups in total. The Morgan fingerprint density at radius 2 is 1.67 bits per heavy atom. The van der Waals surface area contributed by atoms with E-state index in [2.05, 4.69) is 15.9 Å². The molecule has 8 heteroatoms. The second-order valence-electron chi connectivity index (χ2n) is 7.44. The fourth-order valence-electron chi connectivity index (χ4n) is 3.42. The molecule has 0 aromatic heterocycles. The van der Waals surface area contributed by atoms with Gasteiger partial charge in [0.05, 0.1) is 11.4 Å². The minimum absolute atomic E-state index is 0.241. The molecule has 0 spiro atoms. The zero-order chi connectivity index (χ0) is 22.8. The van der Waals surface area contributed by atoms with E-state index in [9.17, 15) is 9.59 Å².